The van der Waals surface area contributed by atoms with Crippen LogP contribution in [0.25, 0.3) is 10.2 Å². The smallest absolute Gasteiger partial charge is 0.316 e. The Balaban J connectivity index is 2.33. The quantitative estimate of drug-likeness (QED) is 0.854. The third-order valence-electron chi connectivity index (χ3n) is 2.23. The van der Waals surface area contributed by atoms with Gasteiger partial charge in [-0.15, -0.1) is 11.3 Å². The number of thiazole rings is 1. The van der Waals surface area contributed by atoms with Crippen LogP contribution in [0.15, 0.2) is 22.5 Å². The van der Waals surface area contributed by atoms with E-state index in [2.05, 4.69) is 4.98 Å². The van der Waals surface area contributed by atoms with Crippen LogP contribution in [0, 0.1) is 6.92 Å². The maximum absolute atomic E-state index is 10.7. The lowest BCUT2D eigenvalue weighted by atomic mass is 10.2. The predicted molar refractivity (Wildman–Crippen MR) is 67.3 cm³/mol. The number of benzene rings is 1. The van der Waals surface area contributed by atoms with E-state index in [0.29, 0.717) is 0 Å². The van der Waals surface area contributed by atoms with Gasteiger partial charge >= 0.3 is 5.97 Å². The molecule has 0 spiro atoms. The number of rotatable bonds is 3. The van der Waals surface area contributed by atoms with Gasteiger partial charge in [0.25, 0.3) is 0 Å². The van der Waals surface area contributed by atoms with Gasteiger partial charge in [0.05, 0.1) is 10.2 Å². The fourth-order valence-electron chi connectivity index (χ4n) is 1.32. The molecule has 0 aliphatic heterocycles. The number of hydrogen-bond acceptors (Lipinski definition) is 4. The van der Waals surface area contributed by atoms with Crippen LogP contribution >= 0.6 is 23.1 Å². The molecule has 1 aromatic heterocycles. The zero-order valence-corrected chi connectivity index (χ0v) is 10.6. The summed E-state index contributed by atoms with van der Waals surface area (Å²) in [5.41, 5.74) is 2.11. The first kappa shape index (κ1) is 11.4. The van der Waals surface area contributed by atoms with E-state index in [1.807, 2.05) is 25.1 Å². The highest BCUT2D eigenvalue weighted by Gasteiger charge is 2.15. The zero-order chi connectivity index (χ0) is 11.7. The van der Waals surface area contributed by atoms with Gasteiger partial charge < -0.3 is 5.11 Å². The molecule has 0 aliphatic rings. The van der Waals surface area contributed by atoms with E-state index in [1.165, 1.54) is 11.8 Å². The zero-order valence-electron chi connectivity index (χ0n) is 8.93. The van der Waals surface area contributed by atoms with Crippen molar-refractivity contribution >= 4 is 39.3 Å². The molecule has 5 heteroatoms. The Kier molecular flexibility index (Phi) is 3.16. The molecule has 0 bridgehead atoms. The molecule has 1 unspecified atom stereocenters. The molecule has 1 heterocycles. The Bertz CT molecular complexity index is 536. The fraction of sp³-hybridized carbons (Fsp3) is 0.273. The lowest BCUT2D eigenvalue weighted by Gasteiger charge is -2.00. The average molecular weight is 253 g/mol. The van der Waals surface area contributed by atoms with Gasteiger partial charge in [0, 0.05) is 0 Å². The standard InChI is InChI=1S/C11H11NO2S2/c1-6-4-3-5-8-9(6)12-11(16-8)15-7(2)10(13)14/h3-5,7H,1-2H3,(H,13,14). The second kappa shape index (κ2) is 4.43. The molecular formula is C11H11NO2S2. The van der Waals surface area contributed by atoms with E-state index in [9.17, 15) is 4.79 Å². The van der Waals surface area contributed by atoms with Crippen LogP contribution in [0.3, 0.4) is 0 Å². The number of aliphatic carboxylic acids is 1. The summed E-state index contributed by atoms with van der Waals surface area (Å²) in [4.78, 5) is 15.2. The van der Waals surface area contributed by atoms with Gasteiger partial charge in [0.2, 0.25) is 0 Å². The third-order valence-corrected chi connectivity index (χ3v) is 4.43. The normalized spacial score (nSPS) is 12.9. The summed E-state index contributed by atoms with van der Waals surface area (Å²) in [6.07, 6.45) is 0. The molecule has 0 fully saturated rings. The molecule has 0 saturated heterocycles. The molecule has 1 N–H and O–H groups in total. The van der Waals surface area contributed by atoms with Crippen LogP contribution in [0.2, 0.25) is 0 Å². The summed E-state index contributed by atoms with van der Waals surface area (Å²) in [6.45, 7) is 3.68. The van der Waals surface area contributed by atoms with Gasteiger partial charge in [-0.2, -0.15) is 0 Å². The van der Waals surface area contributed by atoms with E-state index >= 15 is 0 Å². The van der Waals surface area contributed by atoms with E-state index < -0.39 is 11.2 Å². The number of carboxylic acids is 1. The van der Waals surface area contributed by atoms with Crippen molar-refractivity contribution < 1.29 is 9.90 Å². The molecular weight excluding hydrogens is 242 g/mol. The van der Waals surface area contributed by atoms with E-state index in [1.54, 1.807) is 18.3 Å². The summed E-state index contributed by atoms with van der Waals surface area (Å²) in [6, 6.07) is 6.01. The summed E-state index contributed by atoms with van der Waals surface area (Å²) in [5.74, 6) is -0.805. The maximum atomic E-state index is 10.7. The summed E-state index contributed by atoms with van der Waals surface area (Å²) >= 11 is 2.84. The lowest BCUT2D eigenvalue weighted by Crippen LogP contribution is -2.10. The summed E-state index contributed by atoms with van der Waals surface area (Å²) < 4.78 is 1.93. The van der Waals surface area contributed by atoms with Crippen LogP contribution in [0.1, 0.15) is 12.5 Å². The number of carbonyl (C=O) groups is 1. The Labute approximate surface area is 102 Å². The number of thioether (sulfide) groups is 1. The third kappa shape index (κ3) is 2.20. The Morgan fingerprint density at radius 3 is 2.94 bits per heavy atom. The predicted octanol–water partition coefficient (Wildman–Crippen LogP) is 3.17. The largest absolute Gasteiger partial charge is 0.480 e. The molecule has 2 aromatic rings. The molecule has 0 saturated carbocycles. The minimum absolute atomic E-state index is 0.458. The number of aromatic nitrogens is 1. The minimum atomic E-state index is -0.805. The highest BCUT2D eigenvalue weighted by Crippen LogP contribution is 2.33. The van der Waals surface area contributed by atoms with Gasteiger partial charge in [-0.3, -0.25) is 4.79 Å². The monoisotopic (exact) mass is 253 g/mol. The van der Waals surface area contributed by atoms with Crippen LogP contribution < -0.4 is 0 Å². The Morgan fingerprint density at radius 1 is 1.56 bits per heavy atom. The van der Waals surface area contributed by atoms with Crippen molar-refractivity contribution in [2.75, 3.05) is 0 Å². The molecule has 0 amide bonds. The van der Waals surface area contributed by atoms with Crippen molar-refractivity contribution in [2.24, 2.45) is 0 Å². The van der Waals surface area contributed by atoms with Crippen LogP contribution in [-0.2, 0) is 4.79 Å². The fourth-order valence-corrected chi connectivity index (χ4v) is 3.53. The van der Waals surface area contributed by atoms with Gasteiger partial charge in [0.1, 0.15) is 5.25 Å². The molecule has 16 heavy (non-hydrogen) atoms. The molecule has 1 aromatic carbocycles. The average Bonchev–Trinajstić information content (AvgIpc) is 2.61. The first-order valence-corrected chi connectivity index (χ1v) is 6.53. The van der Waals surface area contributed by atoms with E-state index in [-0.39, 0.29) is 0 Å². The van der Waals surface area contributed by atoms with Gasteiger partial charge in [0.15, 0.2) is 4.34 Å². The van der Waals surface area contributed by atoms with E-state index in [4.69, 9.17) is 5.11 Å². The van der Waals surface area contributed by atoms with Crippen LogP contribution in [-0.4, -0.2) is 21.3 Å². The minimum Gasteiger partial charge on any atom is -0.480 e. The molecule has 1 atom stereocenters. The van der Waals surface area contributed by atoms with Crippen LogP contribution in [0.5, 0.6) is 0 Å². The van der Waals surface area contributed by atoms with Gasteiger partial charge in [-0.1, -0.05) is 23.9 Å². The van der Waals surface area contributed by atoms with Crippen molar-refractivity contribution in [3.63, 3.8) is 0 Å². The molecule has 3 nitrogen and oxygen atoms in total. The van der Waals surface area contributed by atoms with Crippen molar-refractivity contribution in [3.8, 4) is 0 Å². The maximum Gasteiger partial charge on any atom is 0.316 e. The Morgan fingerprint density at radius 2 is 2.31 bits per heavy atom. The number of carboxylic acid groups (broad SMARTS) is 1. The highest BCUT2D eigenvalue weighted by molar-refractivity contribution is 8.02. The Hall–Kier alpha value is -1.07. The molecule has 0 aliphatic carbocycles. The first-order valence-electron chi connectivity index (χ1n) is 4.83. The summed E-state index contributed by atoms with van der Waals surface area (Å²) in [7, 11) is 0. The highest BCUT2D eigenvalue weighted by atomic mass is 32.2. The van der Waals surface area contributed by atoms with Crippen molar-refractivity contribution in [3.05, 3.63) is 23.8 Å². The number of nitrogens with zero attached hydrogens (tertiary/aromatic N) is 1. The van der Waals surface area contributed by atoms with Crippen molar-refractivity contribution in [2.45, 2.75) is 23.4 Å². The van der Waals surface area contributed by atoms with E-state index in [0.717, 1.165) is 20.1 Å². The van der Waals surface area contributed by atoms with Gasteiger partial charge in [-0.25, -0.2) is 4.98 Å². The van der Waals surface area contributed by atoms with Gasteiger partial charge in [-0.05, 0) is 25.5 Å². The SMILES string of the molecule is Cc1cccc2sc(SC(C)C(=O)O)nc12. The van der Waals surface area contributed by atoms with Crippen LogP contribution in [0.4, 0.5) is 0 Å². The lowest BCUT2D eigenvalue weighted by molar-refractivity contribution is -0.136. The number of aryl methyl sites for hydroxylation is 1. The number of para-hydroxylation sites is 1. The van der Waals surface area contributed by atoms with Crippen molar-refractivity contribution in [1.82, 2.24) is 4.98 Å². The van der Waals surface area contributed by atoms with Crippen molar-refractivity contribution in [1.29, 1.82) is 0 Å². The number of fused-ring (bicyclic) bond motifs is 1. The first-order chi connectivity index (χ1) is 7.58. The summed E-state index contributed by atoms with van der Waals surface area (Å²) in [5, 5.41) is 8.37. The molecule has 84 valence electrons. The topological polar surface area (TPSA) is 50.2 Å². The molecule has 0 radical (unpaired) electrons. The molecule has 2 rings (SSSR count). The second-order valence-corrected chi connectivity index (χ2v) is 6.12. The second-order valence-electron chi connectivity index (χ2n) is 3.50. The number of hydrogen-bond donors (Lipinski definition) is 1.